The molecule has 0 aromatic heterocycles. The molecule has 0 unspecified atom stereocenters. The van der Waals surface area contributed by atoms with Gasteiger partial charge in [-0.3, -0.25) is 24.0 Å². The minimum absolute atomic E-state index is 0.0630. The van der Waals surface area contributed by atoms with Crippen LogP contribution in [-0.2, 0) is 26.2 Å². The lowest BCUT2D eigenvalue weighted by molar-refractivity contribution is -0.385. The van der Waals surface area contributed by atoms with Crippen molar-refractivity contribution in [3.05, 3.63) is 90.9 Å². The summed E-state index contributed by atoms with van der Waals surface area (Å²) in [6, 6.07) is 11.3. The van der Waals surface area contributed by atoms with E-state index in [1.165, 1.54) is 62.4 Å². The molecule has 2 amide bonds. The molecule has 1 N–H and O–H groups in total. The van der Waals surface area contributed by atoms with Crippen LogP contribution in [0.4, 0.5) is 11.4 Å². The van der Waals surface area contributed by atoms with Gasteiger partial charge in [0, 0.05) is 40.3 Å². The fourth-order valence-corrected chi connectivity index (χ4v) is 6.44. The Hall–Kier alpha value is -3.58. The summed E-state index contributed by atoms with van der Waals surface area (Å²) in [4.78, 5) is 38.7. The number of nitro groups is 1. The van der Waals surface area contributed by atoms with Gasteiger partial charge >= 0.3 is 0 Å². The average molecular weight is 672 g/mol. The number of anilines is 1. The summed E-state index contributed by atoms with van der Waals surface area (Å²) in [6.45, 7) is 2.19. The van der Waals surface area contributed by atoms with Gasteiger partial charge in [0.05, 0.1) is 22.6 Å². The molecule has 0 spiro atoms. The Morgan fingerprint density at radius 3 is 2.28 bits per heavy atom. The summed E-state index contributed by atoms with van der Waals surface area (Å²) in [7, 11) is -1.92. The van der Waals surface area contributed by atoms with E-state index < -0.39 is 49.9 Å². The van der Waals surface area contributed by atoms with Crippen LogP contribution in [0.15, 0.2) is 59.5 Å². The summed E-state index contributed by atoms with van der Waals surface area (Å²) in [5, 5.41) is 14.9. The van der Waals surface area contributed by atoms with Gasteiger partial charge in [-0.15, -0.1) is 0 Å². The standard InChI is InChI=1S/C28H29Cl3N4O7S/c1-5-23(28(37)32-3)33(15-18-7-8-19(29)12-22(18)31)27(36)16-34(25-13-20(30)9-11-26(25)42-4)43(40,41)21-10-6-17(2)24(14-21)35(38)39/h6-14,23H,5,15-16H2,1-4H3,(H,32,37)/t23-/m0/s1. The topological polar surface area (TPSA) is 139 Å². The summed E-state index contributed by atoms with van der Waals surface area (Å²) in [5.74, 6) is -1.19. The lowest BCUT2D eigenvalue weighted by Gasteiger charge is -2.33. The van der Waals surface area contributed by atoms with Crippen LogP contribution in [0.2, 0.25) is 15.1 Å². The zero-order valence-corrected chi connectivity index (χ0v) is 26.7. The number of methoxy groups -OCH3 is 1. The lowest BCUT2D eigenvalue weighted by Crippen LogP contribution is -2.51. The average Bonchev–Trinajstić information content (AvgIpc) is 2.96. The van der Waals surface area contributed by atoms with Crippen molar-refractivity contribution >= 4 is 68.0 Å². The largest absolute Gasteiger partial charge is 0.495 e. The predicted molar refractivity (Wildman–Crippen MR) is 166 cm³/mol. The van der Waals surface area contributed by atoms with Crippen LogP contribution in [0.25, 0.3) is 0 Å². The van der Waals surface area contributed by atoms with Gasteiger partial charge < -0.3 is 15.0 Å². The number of nitro benzene ring substituents is 1. The minimum Gasteiger partial charge on any atom is -0.495 e. The van der Waals surface area contributed by atoms with Crippen molar-refractivity contribution in [3.8, 4) is 5.75 Å². The number of nitrogens with one attached hydrogen (secondary N) is 1. The zero-order chi connectivity index (χ0) is 32.1. The molecule has 0 saturated heterocycles. The Kier molecular flexibility index (Phi) is 11.2. The number of carbonyl (C=O) groups is 2. The first-order chi connectivity index (χ1) is 20.2. The molecule has 0 bridgehead atoms. The van der Waals surface area contributed by atoms with E-state index in [9.17, 15) is 28.1 Å². The molecule has 3 aromatic rings. The number of nitrogens with zero attached hydrogens (tertiary/aromatic N) is 3. The van der Waals surface area contributed by atoms with Gasteiger partial charge in [-0.2, -0.15) is 0 Å². The third-order valence-corrected chi connectivity index (χ3v) is 9.22. The molecule has 0 saturated carbocycles. The second-order valence-electron chi connectivity index (χ2n) is 9.33. The highest BCUT2D eigenvalue weighted by Crippen LogP contribution is 2.36. The first kappa shape index (κ1) is 33.9. The number of ether oxygens (including phenoxy) is 1. The molecule has 3 aromatic carbocycles. The molecule has 0 fully saturated rings. The van der Waals surface area contributed by atoms with E-state index >= 15 is 0 Å². The van der Waals surface area contributed by atoms with E-state index in [-0.39, 0.29) is 40.0 Å². The quantitative estimate of drug-likeness (QED) is 0.195. The number of amides is 2. The number of sulfonamides is 1. The van der Waals surface area contributed by atoms with E-state index in [1.807, 2.05) is 0 Å². The molecular formula is C28H29Cl3N4O7S. The third kappa shape index (κ3) is 7.69. The Bertz CT molecular complexity index is 1650. The molecule has 3 rings (SSSR count). The van der Waals surface area contributed by atoms with Crippen molar-refractivity contribution < 1.29 is 27.7 Å². The molecule has 230 valence electrons. The van der Waals surface area contributed by atoms with Crippen LogP contribution >= 0.6 is 34.8 Å². The number of benzene rings is 3. The molecule has 0 aliphatic carbocycles. The van der Waals surface area contributed by atoms with E-state index in [0.717, 1.165) is 10.4 Å². The van der Waals surface area contributed by atoms with Crippen LogP contribution in [0.1, 0.15) is 24.5 Å². The lowest BCUT2D eigenvalue weighted by atomic mass is 10.1. The Morgan fingerprint density at radius 2 is 1.70 bits per heavy atom. The highest BCUT2D eigenvalue weighted by atomic mass is 35.5. The Labute approximate surface area is 264 Å². The third-order valence-electron chi connectivity index (χ3n) is 6.64. The summed E-state index contributed by atoms with van der Waals surface area (Å²) in [5.41, 5.74) is 0.194. The first-order valence-electron chi connectivity index (χ1n) is 12.8. The van der Waals surface area contributed by atoms with Crippen molar-refractivity contribution in [1.82, 2.24) is 10.2 Å². The predicted octanol–water partition coefficient (Wildman–Crippen LogP) is 5.62. The van der Waals surface area contributed by atoms with Gasteiger partial charge in [-0.05, 0) is 55.3 Å². The van der Waals surface area contributed by atoms with Crippen molar-refractivity contribution in [2.24, 2.45) is 0 Å². The molecule has 0 aliphatic heterocycles. The Morgan fingerprint density at radius 1 is 1.05 bits per heavy atom. The van der Waals surface area contributed by atoms with E-state index in [4.69, 9.17) is 39.5 Å². The molecule has 0 radical (unpaired) electrons. The van der Waals surface area contributed by atoms with Crippen LogP contribution in [0.3, 0.4) is 0 Å². The molecule has 15 heteroatoms. The maximum absolute atomic E-state index is 14.2. The smallest absolute Gasteiger partial charge is 0.273 e. The van der Waals surface area contributed by atoms with Crippen LogP contribution < -0.4 is 14.4 Å². The van der Waals surface area contributed by atoms with Crippen LogP contribution in [0, 0.1) is 17.0 Å². The monoisotopic (exact) mass is 670 g/mol. The highest BCUT2D eigenvalue weighted by molar-refractivity contribution is 7.92. The summed E-state index contributed by atoms with van der Waals surface area (Å²) >= 11 is 18.7. The minimum atomic E-state index is -4.65. The van der Waals surface area contributed by atoms with E-state index in [2.05, 4.69) is 5.32 Å². The number of likely N-dealkylation sites (N-methyl/N-ethyl adjacent to an activating group) is 1. The number of hydrogen-bond acceptors (Lipinski definition) is 7. The molecule has 0 heterocycles. The molecule has 43 heavy (non-hydrogen) atoms. The molecule has 11 nitrogen and oxygen atoms in total. The highest BCUT2D eigenvalue weighted by Gasteiger charge is 2.35. The SMILES string of the molecule is CC[C@@H](C(=O)NC)N(Cc1ccc(Cl)cc1Cl)C(=O)CN(c1cc(Cl)ccc1OC)S(=O)(=O)c1ccc(C)c([N+](=O)[O-])c1. The van der Waals surface area contributed by atoms with Crippen molar-refractivity contribution in [3.63, 3.8) is 0 Å². The zero-order valence-electron chi connectivity index (χ0n) is 23.6. The second kappa shape index (κ2) is 14.3. The van der Waals surface area contributed by atoms with Gasteiger partial charge in [-0.1, -0.05) is 53.9 Å². The van der Waals surface area contributed by atoms with Gasteiger partial charge in [0.2, 0.25) is 11.8 Å². The van der Waals surface area contributed by atoms with E-state index in [1.54, 1.807) is 19.1 Å². The van der Waals surface area contributed by atoms with Crippen LogP contribution in [0.5, 0.6) is 5.75 Å². The van der Waals surface area contributed by atoms with Crippen LogP contribution in [-0.4, -0.2) is 56.8 Å². The normalized spacial score (nSPS) is 11.9. The molecular weight excluding hydrogens is 643 g/mol. The van der Waals surface area contributed by atoms with Crippen molar-refractivity contribution in [2.75, 3.05) is 25.0 Å². The van der Waals surface area contributed by atoms with Gasteiger partial charge in [0.1, 0.15) is 18.3 Å². The van der Waals surface area contributed by atoms with Gasteiger partial charge in [-0.25, -0.2) is 8.42 Å². The number of halogens is 3. The summed E-state index contributed by atoms with van der Waals surface area (Å²) < 4.78 is 34.5. The number of rotatable bonds is 12. The Balaban J connectivity index is 2.21. The number of carbonyl (C=O) groups excluding carboxylic acids is 2. The van der Waals surface area contributed by atoms with Gasteiger partial charge in [0.15, 0.2) is 0 Å². The molecule has 1 atom stereocenters. The number of hydrogen-bond donors (Lipinski definition) is 1. The van der Waals surface area contributed by atoms with E-state index in [0.29, 0.717) is 10.6 Å². The van der Waals surface area contributed by atoms with Crippen molar-refractivity contribution in [1.29, 1.82) is 0 Å². The fourth-order valence-electron chi connectivity index (χ4n) is 4.36. The maximum atomic E-state index is 14.2. The first-order valence-corrected chi connectivity index (χ1v) is 15.4. The molecule has 0 aliphatic rings. The maximum Gasteiger partial charge on any atom is 0.273 e. The second-order valence-corrected chi connectivity index (χ2v) is 12.5. The van der Waals surface area contributed by atoms with Gasteiger partial charge in [0.25, 0.3) is 15.7 Å². The number of aryl methyl sites for hydroxylation is 1. The fraction of sp³-hybridized carbons (Fsp3) is 0.286. The summed E-state index contributed by atoms with van der Waals surface area (Å²) in [6.07, 6.45) is 0.189. The van der Waals surface area contributed by atoms with Crippen molar-refractivity contribution in [2.45, 2.75) is 37.8 Å².